The molecule has 3 heteroatoms. The van der Waals surface area contributed by atoms with Crippen LogP contribution < -0.4 is 0 Å². The van der Waals surface area contributed by atoms with Crippen molar-refractivity contribution < 1.29 is 9.16 Å². The first kappa shape index (κ1) is 19.3. The van der Waals surface area contributed by atoms with Gasteiger partial charge in [-0.15, -0.1) is 0 Å². The van der Waals surface area contributed by atoms with Gasteiger partial charge in [0.1, 0.15) is 0 Å². The monoisotopic (exact) mass is 346 g/mol. The van der Waals surface area contributed by atoms with Crippen LogP contribution in [0.3, 0.4) is 0 Å². The second kappa shape index (κ2) is 7.88. The van der Waals surface area contributed by atoms with Gasteiger partial charge in [0, 0.05) is 5.92 Å². The van der Waals surface area contributed by atoms with Gasteiger partial charge in [-0.1, -0.05) is 78.8 Å². The lowest BCUT2D eigenvalue weighted by atomic mass is 9.94. The van der Waals surface area contributed by atoms with E-state index in [1.807, 2.05) is 0 Å². The summed E-state index contributed by atoms with van der Waals surface area (Å²) in [6.45, 7) is 16.9. The van der Waals surface area contributed by atoms with E-state index >= 15 is 0 Å². The molecule has 0 radical (unpaired) electrons. The van der Waals surface area contributed by atoms with Gasteiger partial charge < -0.3 is 9.16 Å². The average molecular weight is 347 g/mol. The van der Waals surface area contributed by atoms with Gasteiger partial charge in [-0.3, -0.25) is 0 Å². The Morgan fingerprint density at radius 2 is 1.50 bits per heavy atom. The highest BCUT2D eigenvalue weighted by Gasteiger charge is 2.48. The quantitative estimate of drug-likeness (QED) is 0.549. The van der Waals surface area contributed by atoms with Gasteiger partial charge in [0.15, 0.2) is 0 Å². The SMILES string of the molecule is CC(C)[Si](OC1=CCO[C@H](c2ccccc2)[C@@H]1C)(C(C)C)C(C)C. The molecule has 2 nitrogen and oxygen atoms in total. The third-order valence-corrected chi connectivity index (χ3v) is 11.6. The summed E-state index contributed by atoms with van der Waals surface area (Å²) in [4.78, 5) is 0. The summed E-state index contributed by atoms with van der Waals surface area (Å²) < 4.78 is 13.0. The molecule has 0 unspecified atom stereocenters. The van der Waals surface area contributed by atoms with Crippen LogP contribution in [-0.2, 0) is 9.16 Å². The highest BCUT2D eigenvalue weighted by molar-refractivity contribution is 6.77. The molecule has 1 aliphatic rings. The Morgan fingerprint density at radius 3 is 2.00 bits per heavy atom. The summed E-state index contributed by atoms with van der Waals surface area (Å²) in [6, 6.07) is 10.5. The highest BCUT2D eigenvalue weighted by atomic mass is 28.4. The molecule has 2 rings (SSSR count). The van der Waals surface area contributed by atoms with Gasteiger partial charge in [0.05, 0.1) is 18.5 Å². The predicted molar refractivity (Wildman–Crippen MR) is 105 cm³/mol. The fraction of sp³-hybridized carbons (Fsp3) is 0.619. The molecule has 0 saturated carbocycles. The topological polar surface area (TPSA) is 18.5 Å². The van der Waals surface area contributed by atoms with Crippen LogP contribution in [0.15, 0.2) is 42.2 Å². The third-order valence-electron chi connectivity index (χ3n) is 5.59. The van der Waals surface area contributed by atoms with Crippen molar-refractivity contribution >= 4 is 8.32 Å². The number of rotatable bonds is 6. The number of ether oxygens (including phenoxy) is 1. The van der Waals surface area contributed by atoms with Crippen molar-refractivity contribution in [2.24, 2.45) is 5.92 Å². The highest BCUT2D eigenvalue weighted by Crippen LogP contribution is 2.46. The average Bonchev–Trinajstić information content (AvgIpc) is 2.53. The van der Waals surface area contributed by atoms with Gasteiger partial charge >= 0.3 is 0 Å². The molecule has 0 aromatic heterocycles. The van der Waals surface area contributed by atoms with Crippen molar-refractivity contribution in [3.63, 3.8) is 0 Å². The van der Waals surface area contributed by atoms with Gasteiger partial charge in [-0.25, -0.2) is 0 Å². The number of hydrogen-bond donors (Lipinski definition) is 0. The maximum absolute atomic E-state index is 6.95. The van der Waals surface area contributed by atoms with Crippen LogP contribution in [0, 0.1) is 5.92 Å². The largest absolute Gasteiger partial charge is 0.546 e. The molecule has 1 heterocycles. The van der Waals surface area contributed by atoms with Gasteiger partial charge in [0.25, 0.3) is 8.32 Å². The van der Waals surface area contributed by atoms with Crippen molar-refractivity contribution in [2.75, 3.05) is 6.61 Å². The van der Waals surface area contributed by atoms with E-state index in [9.17, 15) is 0 Å². The molecular weight excluding hydrogens is 312 g/mol. The molecule has 0 N–H and O–H groups in total. The molecule has 2 atom stereocenters. The summed E-state index contributed by atoms with van der Waals surface area (Å²) >= 11 is 0. The number of hydrogen-bond acceptors (Lipinski definition) is 2. The third kappa shape index (κ3) is 3.62. The van der Waals surface area contributed by atoms with Crippen molar-refractivity contribution in [2.45, 2.75) is 71.2 Å². The summed E-state index contributed by atoms with van der Waals surface area (Å²) in [5, 5.41) is 0. The molecule has 0 amide bonds. The van der Waals surface area contributed by atoms with Crippen molar-refractivity contribution in [1.29, 1.82) is 0 Å². The van der Waals surface area contributed by atoms with Crippen molar-refractivity contribution in [3.8, 4) is 0 Å². The molecule has 0 spiro atoms. The fourth-order valence-corrected chi connectivity index (χ4v) is 9.82. The lowest BCUT2D eigenvalue weighted by Crippen LogP contribution is -2.48. The van der Waals surface area contributed by atoms with E-state index in [2.05, 4.69) is 84.9 Å². The Kier molecular flexibility index (Phi) is 6.32. The Labute approximate surface area is 149 Å². The van der Waals surface area contributed by atoms with Crippen LogP contribution in [0.25, 0.3) is 0 Å². The van der Waals surface area contributed by atoms with Crippen LogP contribution in [0.5, 0.6) is 0 Å². The number of benzene rings is 1. The summed E-state index contributed by atoms with van der Waals surface area (Å²) in [5.74, 6) is 1.40. The molecule has 134 valence electrons. The molecule has 0 saturated heterocycles. The zero-order valence-electron chi connectivity index (χ0n) is 16.4. The van der Waals surface area contributed by atoms with E-state index in [4.69, 9.17) is 9.16 Å². The summed E-state index contributed by atoms with van der Waals surface area (Å²) in [5.41, 5.74) is 3.00. The van der Waals surface area contributed by atoms with E-state index in [0.29, 0.717) is 23.2 Å². The van der Waals surface area contributed by atoms with Crippen molar-refractivity contribution in [3.05, 3.63) is 47.7 Å². The first-order chi connectivity index (χ1) is 11.3. The first-order valence-electron chi connectivity index (χ1n) is 9.36. The first-order valence-corrected chi connectivity index (χ1v) is 11.5. The molecule has 0 aliphatic carbocycles. The predicted octanol–water partition coefficient (Wildman–Crippen LogP) is 6.47. The zero-order chi connectivity index (χ0) is 17.9. The smallest absolute Gasteiger partial charge is 0.258 e. The van der Waals surface area contributed by atoms with Gasteiger partial charge in [-0.2, -0.15) is 0 Å². The van der Waals surface area contributed by atoms with Crippen LogP contribution >= 0.6 is 0 Å². The maximum atomic E-state index is 6.95. The fourth-order valence-electron chi connectivity index (χ4n) is 4.43. The summed E-state index contributed by atoms with van der Waals surface area (Å²) in [7, 11) is -1.91. The molecule has 0 bridgehead atoms. The second-order valence-electron chi connectivity index (χ2n) is 7.98. The minimum atomic E-state index is -1.91. The minimum absolute atomic E-state index is 0.0874. The molecule has 1 aliphatic heterocycles. The van der Waals surface area contributed by atoms with Crippen molar-refractivity contribution in [1.82, 2.24) is 0 Å². The minimum Gasteiger partial charge on any atom is -0.546 e. The molecule has 0 fully saturated rings. The van der Waals surface area contributed by atoms with Crippen LogP contribution in [0.1, 0.15) is 60.1 Å². The second-order valence-corrected chi connectivity index (χ2v) is 13.4. The molecular formula is C21H34O2Si. The van der Waals surface area contributed by atoms with E-state index in [1.165, 1.54) is 5.56 Å². The zero-order valence-corrected chi connectivity index (χ0v) is 17.4. The normalized spacial score (nSPS) is 22.2. The van der Waals surface area contributed by atoms with E-state index in [-0.39, 0.29) is 12.0 Å². The lowest BCUT2D eigenvalue weighted by molar-refractivity contribution is 0.0155. The molecule has 24 heavy (non-hydrogen) atoms. The Hall–Kier alpha value is -1.06. The van der Waals surface area contributed by atoms with E-state index in [0.717, 1.165) is 5.76 Å². The van der Waals surface area contributed by atoms with E-state index in [1.54, 1.807) is 0 Å². The van der Waals surface area contributed by atoms with Gasteiger partial charge in [0.2, 0.25) is 0 Å². The molecule has 1 aromatic carbocycles. The van der Waals surface area contributed by atoms with Crippen LogP contribution in [0.4, 0.5) is 0 Å². The standard InChI is InChI=1S/C21H34O2Si/c1-15(2)24(16(3)4,17(5)6)23-20-13-14-22-21(18(20)7)19-11-9-8-10-12-19/h8-13,15-18,21H,14H2,1-7H3/t18-,21+/m1/s1. The van der Waals surface area contributed by atoms with Crippen LogP contribution in [-0.4, -0.2) is 14.9 Å². The molecule has 1 aromatic rings. The Morgan fingerprint density at radius 1 is 0.958 bits per heavy atom. The lowest BCUT2D eigenvalue weighted by Gasteiger charge is -2.45. The Balaban J connectivity index is 2.29. The Bertz CT molecular complexity index is 526. The van der Waals surface area contributed by atoms with Gasteiger partial charge in [-0.05, 0) is 28.3 Å². The van der Waals surface area contributed by atoms with E-state index < -0.39 is 8.32 Å². The maximum Gasteiger partial charge on any atom is 0.258 e. The summed E-state index contributed by atoms with van der Waals surface area (Å²) in [6.07, 6.45) is 2.25. The van der Waals surface area contributed by atoms with Crippen LogP contribution in [0.2, 0.25) is 16.6 Å².